The maximum absolute atomic E-state index is 11.9. The molecule has 4 rings (SSSR count). The third-order valence-electron chi connectivity index (χ3n) is 5.48. The summed E-state index contributed by atoms with van der Waals surface area (Å²) in [5.41, 5.74) is 3.61. The molecule has 0 aliphatic carbocycles. The summed E-state index contributed by atoms with van der Waals surface area (Å²) in [5, 5.41) is 14.8. The van der Waals surface area contributed by atoms with Crippen LogP contribution in [0.15, 0.2) is 36.5 Å². The number of hydrogen-bond acceptors (Lipinski definition) is 5. The number of ether oxygens (including phenoxy) is 1. The average Bonchev–Trinajstić information content (AvgIpc) is 2.72. The molecule has 0 radical (unpaired) electrons. The Morgan fingerprint density at radius 2 is 2.00 bits per heavy atom. The Balaban J connectivity index is 1.50. The Hall–Kier alpha value is -2.44. The highest BCUT2D eigenvalue weighted by Gasteiger charge is 2.37. The Morgan fingerprint density at radius 1 is 1.22 bits per heavy atom. The van der Waals surface area contributed by atoms with Gasteiger partial charge in [0.25, 0.3) is 5.91 Å². The number of aryl methyl sites for hydroxylation is 1. The Morgan fingerprint density at radius 3 is 2.74 bits per heavy atom. The number of aliphatic hydroxyl groups is 1. The fourth-order valence-corrected chi connectivity index (χ4v) is 3.87. The first-order chi connectivity index (χ1) is 13.2. The van der Waals surface area contributed by atoms with Gasteiger partial charge >= 0.3 is 0 Å². The van der Waals surface area contributed by atoms with E-state index in [1.165, 1.54) is 5.56 Å². The largest absolute Gasteiger partial charge is 0.485 e. The number of amides is 1. The van der Waals surface area contributed by atoms with E-state index in [1.807, 2.05) is 18.3 Å². The van der Waals surface area contributed by atoms with Crippen molar-refractivity contribution in [1.82, 2.24) is 15.6 Å². The lowest BCUT2D eigenvalue weighted by molar-refractivity contribution is 0.0166. The quantitative estimate of drug-likeness (QED) is 0.769. The molecule has 27 heavy (non-hydrogen) atoms. The molecule has 2 aliphatic heterocycles. The van der Waals surface area contributed by atoms with Crippen LogP contribution in [-0.4, -0.2) is 47.8 Å². The van der Waals surface area contributed by atoms with Crippen molar-refractivity contribution in [3.05, 3.63) is 47.7 Å². The van der Waals surface area contributed by atoms with Crippen LogP contribution in [0.3, 0.4) is 0 Å². The van der Waals surface area contributed by atoms with Crippen LogP contribution in [-0.2, 0) is 6.42 Å². The Bertz CT molecular complexity index is 814. The molecule has 2 aliphatic rings. The second kappa shape index (κ2) is 7.66. The number of carbonyl (C=O) groups excluding carboxylic acids is 1. The molecule has 6 nitrogen and oxygen atoms in total. The number of piperidine rings is 1. The van der Waals surface area contributed by atoms with Crippen molar-refractivity contribution in [2.45, 2.75) is 31.3 Å². The minimum Gasteiger partial charge on any atom is -0.485 e. The first kappa shape index (κ1) is 17.9. The van der Waals surface area contributed by atoms with Crippen LogP contribution in [0, 0.1) is 0 Å². The molecule has 1 aromatic carbocycles. The van der Waals surface area contributed by atoms with Gasteiger partial charge in [-0.25, -0.2) is 0 Å². The Labute approximate surface area is 159 Å². The summed E-state index contributed by atoms with van der Waals surface area (Å²) < 4.78 is 6.36. The number of rotatable bonds is 4. The van der Waals surface area contributed by atoms with Crippen molar-refractivity contribution in [3.63, 3.8) is 0 Å². The van der Waals surface area contributed by atoms with Crippen LogP contribution in [0.4, 0.5) is 0 Å². The van der Waals surface area contributed by atoms with E-state index in [1.54, 1.807) is 12.1 Å². The van der Waals surface area contributed by atoms with Gasteiger partial charge in [0.15, 0.2) is 0 Å². The van der Waals surface area contributed by atoms with E-state index in [9.17, 15) is 4.79 Å². The van der Waals surface area contributed by atoms with Crippen LogP contribution < -0.4 is 15.4 Å². The fourth-order valence-electron chi connectivity index (χ4n) is 3.87. The minimum atomic E-state index is -0.185. The maximum atomic E-state index is 11.9. The lowest BCUT2D eigenvalue weighted by atomic mass is 9.84. The van der Waals surface area contributed by atoms with Gasteiger partial charge in [-0.15, -0.1) is 0 Å². The smallest absolute Gasteiger partial charge is 0.251 e. The van der Waals surface area contributed by atoms with Crippen molar-refractivity contribution < 1.29 is 14.6 Å². The molecule has 1 fully saturated rings. The highest BCUT2D eigenvalue weighted by atomic mass is 16.5. The minimum absolute atomic E-state index is 0.0228. The van der Waals surface area contributed by atoms with Gasteiger partial charge in [0, 0.05) is 17.7 Å². The zero-order chi connectivity index (χ0) is 18.7. The van der Waals surface area contributed by atoms with E-state index < -0.39 is 0 Å². The zero-order valence-corrected chi connectivity index (χ0v) is 15.3. The molecule has 2 aromatic rings. The number of aromatic nitrogens is 1. The first-order valence-electron chi connectivity index (χ1n) is 9.57. The monoisotopic (exact) mass is 367 g/mol. The van der Waals surface area contributed by atoms with Crippen molar-refractivity contribution in [1.29, 1.82) is 0 Å². The molecule has 0 atom stereocenters. The predicted octanol–water partition coefficient (Wildman–Crippen LogP) is 1.92. The highest BCUT2D eigenvalue weighted by Crippen LogP contribution is 2.38. The van der Waals surface area contributed by atoms with Crippen LogP contribution in [0.2, 0.25) is 0 Å². The summed E-state index contributed by atoms with van der Waals surface area (Å²) in [6, 6.07) is 9.47. The number of benzene rings is 1. The number of pyridine rings is 1. The molecule has 6 heteroatoms. The van der Waals surface area contributed by atoms with Gasteiger partial charge in [0.1, 0.15) is 11.4 Å². The molecule has 0 unspecified atom stereocenters. The summed E-state index contributed by atoms with van der Waals surface area (Å²) in [5.74, 6) is 0.724. The molecule has 3 heterocycles. The summed E-state index contributed by atoms with van der Waals surface area (Å²) in [6.07, 6.45) is 6.00. The number of fused-ring (bicyclic) bond motifs is 1. The molecule has 1 aromatic heterocycles. The predicted molar refractivity (Wildman–Crippen MR) is 103 cm³/mol. The summed E-state index contributed by atoms with van der Waals surface area (Å²) in [7, 11) is 0. The zero-order valence-electron chi connectivity index (χ0n) is 15.3. The highest BCUT2D eigenvalue weighted by molar-refractivity contribution is 5.94. The first-order valence-corrected chi connectivity index (χ1v) is 9.57. The molecule has 0 bridgehead atoms. The van der Waals surface area contributed by atoms with E-state index in [4.69, 9.17) is 9.84 Å². The van der Waals surface area contributed by atoms with E-state index in [-0.39, 0.29) is 24.7 Å². The second-order valence-electron chi connectivity index (χ2n) is 7.27. The second-order valence-corrected chi connectivity index (χ2v) is 7.27. The van der Waals surface area contributed by atoms with Crippen molar-refractivity contribution >= 4 is 5.91 Å². The number of aliphatic hydroxyl groups excluding tert-OH is 1. The van der Waals surface area contributed by atoms with Crippen molar-refractivity contribution in [3.8, 4) is 17.0 Å². The number of carbonyl (C=O) groups is 1. The average molecular weight is 367 g/mol. The van der Waals surface area contributed by atoms with Crippen LogP contribution in [0.5, 0.6) is 5.75 Å². The fraction of sp³-hybridized carbons (Fsp3) is 0.429. The van der Waals surface area contributed by atoms with Gasteiger partial charge in [0.2, 0.25) is 0 Å². The summed E-state index contributed by atoms with van der Waals surface area (Å²) >= 11 is 0. The molecule has 3 N–H and O–H groups in total. The number of nitrogens with one attached hydrogen (secondary N) is 2. The summed E-state index contributed by atoms with van der Waals surface area (Å²) in [6.45, 7) is 2.21. The van der Waals surface area contributed by atoms with Crippen molar-refractivity contribution in [2.24, 2.45) is 0 Å². The molecule has 0 saturated carbocycles. The number of nitrogens with zero attached hydrogens (tertiary/aromatic N) is 1. The van der Waals surface area contributed by atoms with E-state index in [0.717, 1.165) is 55.8 Å². The van der Waals surface area contributed by atoms with Crippen molar-refractivity contribution in [2.75, 3.05) is 26.2 Å². The van der Waals surface area contributed by atoms with Crippen LogP contribution >= 0.6 is 0 Å². The van der Waals surface area contributed by atoms with Crippen LogP contribution in [0.1, 0.15) is 35.2 Å². The molecule has 1 spiro atoms. The van der Waals surface area contributed by atoms with Gasteiger partial charge in [-0.2, -0.15) is 0 Å². The van der Waals surface area contributed by atoms with Gasteiger partial charge in [-0.1, -0.05) is 12.1 Å². The summed E-state index contributed by atoms with van der Waals surface area (Å²) in [4.78, 5) is 16.5. The SMILES string of the molecule is O=C(NCCO)c1ccc(-c2cc3c(cn2)OC2(CCNCC2)CC3)cc1. The standard InChI is InChI=1S/C21H25N3O3/c25-12-11-23-20(26)16-3-1-15(2-4-16)18-13-17-5-6-21(7-9-22-10-8-21)27-19(17)14-24-18/h1-4,13-14,22,25H,5-12H2,(H,23,26). The van der Waals surface area contributed by atoms with E-state index in [2.05, 4.69) is 21.7 Å². The van der Waals surface area contributed by atoms with E-state index >= 15 is 0 Å². The third-order valence-corrected chi connectivity index (χ3v) is 5.48. The van der Waals surface area contributed by atoms with Crippen LogP contribution in [0.25, 0.3) is 11.3 Å². The normalized spacial score (nSPS) is 17.8. The number of hydrogen-bond donors (Lipinski definition) is 3. The molecular weight excluding hydrogens is 342 g/mol. The lowest BCUT2D eigenvalue weighted by Crippen LogP contribution is -2.48. The molecule has 142 valence electrons. The lowest BCUT2D eigenvalue weighted by Gasteiger charge is -2.41. The van der Waals surface area contributed by atoms with Gasteiger partial charge in [-0.3, -0.25) is 9.78 Å². The topological polar surface area (TPSA) is 83.5 Å². The van der Waals surface area contributed by atoms with Gasteiger partial charge < -0.3 is 20.5 Å². The van der Waals surface area contributed by atoms with E-state index in [0.29, 0.717) is 5.56 Å². The Kier molecular flexibility index (Phi) is 5.09. The third kappa shape index (κ3) is 3.82. The maximum Gasteiger partial charge on any atom is 0.251 e. The molecular formula is C21H25N3O3. The molecule has 1 saturated heterocycles. The molecule has 1 amide bonds. The van der Waals surface area contributed by atoms with Gasteiger partial charge in [-0.05, 0) is 62.5 Å². The van der Waals surface area contributed by atoms with Gasteiger partial charge in [0.05, 0.1) is 18.5 Å².